The number of hydrogen-bond acceptors (Lipinski definition) is 3. The Morgan fingerprint density at radius 1 is 1.27 bits per heavy atom. The Balaban J connectivity index is 2.02. The molecule has 0 aliphatic rings. The third kappa shape index (κ3) is 3.41. The molecule has 0 fully saturated rings. The van der Waals surface area contributed by atoms with Gasteiger partial charge in [-0.2, -0.15) is 0 Å². The minimum Gasteiger partial charge on any atom is -0.478 e. The molecule has 3 aromatic rings. The van der Waals surface area contributed by atoms with Crippen molar-refractivity contribution in [3.05, 3.63) is 64.1 Å². The molecule has 2 heterocycles. The van der Waals surface area contributed by atoms with Crippen LogP contribution in [0, 0.1) is 6.92 Å². The first kappa shape index (κ1) is 17.9. The number of benzene rings is 1. The SMILES string of the molecule is CCCc1nc2ccc(C)cn2c1C(=O)Nc1ccc(Cl)c(C(=O)O)c1. The number of aryl methyl sites for hydroxylation is 2. The van der Waals surface area contributed by atoms with Gasteiger partial charge in [0.15, 0.2) is 0 Å². The van der Waals surface area contributed by atoms with E-state index in [9.17, 15) is 14.7 Å². The number of anilines is 1. The molecule has 0 aliphatic carbocycles. The van der Waals surface area contributed by atoms with E-state index in [4.69, 9.17) is 11.6 Å². The van der Waals surface area contributed by atoms with Crippen molar-refractivity contribution in [3.63, 3.8) is 0 Å². The average molecular weight is 372 g/mol. The largest absolute Gasteiger partial charge is 0.478 e. The summed E-state index contributed by atoms with van der Waals surface area (Å²) in [5, 5.41) is 12.1. The predicted octanol–water partition coefficient (Wildman–Crippen LogP) is 4.20. The Kier molecular flexibility index (Phi) is 4.95. The summed E-state index contributed by atoms with van der Waals surface area (Å²) < 4.78 is 1.77. The van der Waals surface area contributed by atoms with E-state index >= 15 is 0 Å². The minimum atomic E-state index is -1.15. The molecule has 0 aliphatic heterocycles. The van der Waals surface area contributed by atoms with Crippen LogP contribution >= 0.6 is 11.6 Å². The number of nitrogens with one attached hydrogen (secondary N) is 1. The molecule has 134 valence electrons. The molecule has 7 heteroatoms. The molecule has 0 radical (unpaired) electrons. The van der Waals surface area contributed by atoms with E-state index < -0.39 is 5.97 Å². The summed E-state index contributed by atoms with van der Waals surface area (Å²) in [4.78, 5) is 28.7. The van der Waals surface area contributed by atoms with Crippen LogP contribution in [-0.4, -0.2) is 26.4 Å². The van der Waals surface area contributed by atoms with Crippen molar-refractivity contribution in [1.82, 2.24) is 9.38 Å². The quantitative estimate of drug-likeness (QED) is 0.704. The van der Waals surface area contributed by atoms with Gasteiger partial charge in [0.05, 0.1) is 16.3 Å². The Morgan fingerprint density at radius 2 is 2.04 bits per heavy atom. The van der Waals surface area contributed by atoms with E-state index in [1.807, 2.05) is 32.2 Å². The van der Waals surface area contributed by atoms with E-state index in [-0.39, 0.29) is 16.5 Å². The molecule has 0 saturated carbocycles. The predicted molar refractivity (Wildman–Crippen MR) is 100 cm³/mol. The van der Waals surface area contributed by atoms with Gasteiger partial charge in [0, 0.05) is 11.9 Å². The lowest BCUT2D eigenvalue weighted by Gasteiger charge is -2.09. The van der Waals surface area contributed by atoms with Crippen LogP contribution in [0.5, 0.6) is 0 Å². The molecule has 0 spiro atoms. The van der Waals surface area contributed by atoms with Crippen molar-refractivity contribution in [2.45, 2.75) is 26.7 Å². The van der Waals surface area contributed by atoms with Crippen molar-refractivity contribution in [3.8, 4) is 0 Å². The van der Waals surface area contributed by atoms with E-state index in [1.165, 1.54) is 12.1 Å². The van der Waals surface area contributed by atoms with Crippen LogP contribution in [0.2, 0.25) is 5.02 Å². The molecule has 6 nitrogen and oxygen atoms in total. The summed E-state index contributed by atoms with van der Waals surface area (Å²) in [6.45, 7) is 3.97. The van der Waals surface area contributed by atoms with Crippen molar-refractivity contribution in [2.24, 2.45) is 0 Å². The van der Waals surface area contributed by atoms with Crippen molar-refractivity contribution in [2.75, 3.05) is 5.32 Å². The van der Waals surface area contributed by atoms with Gasteiger partial charge in [-0.15, -0.1) is 0 Å². The highest BCUT2D eigenvalue weighted by molar-refractivity contribution is 6.33. The van der Waals surface area contributed by atoms with Crippen molar-refractivity contribution in [1.29, 1.82) is 0 Å². The van der Waals surface area contributed by atoms with Crippen molar-refractivity contribution < 1.29 is 14.7 Å². The zero-order valence-corrected chi connectivity index (χ0v) is 15.2. The summed E-state index contributed by atoms with van der Waals surface area (Å²) in [6, 6.07) is 8.18. The van der Waals surface area contributed by atoms with Crippen LogP contribution in [0.3, 0.4) is 0 Å². The first-order valence-corrected chi connectivity index (χ1v) is 8.60. The molecule has 1 aromatic carbocycles. The number of hydrogen-bond donors (Lipinski definition) is 2. The van der Waals surface area contributed by atoms with E-state index in [2.05, 4.69) is 10.3 Å². The van der Waals surface area contributed by atoms with Crippen LogP contribution < -0.4 is 5.32 Å². The summed E-state index contributed by atoms with van der Waals surface area (Å²) in [7, 11) is 0. The molecule has 26 heavy (non-hydrogen) atoms. The number of carboxylic acid groups (broad SMARTS) is 1. The first-order chi connectivity index (χ1) is 12.4. The van der Waals surface area contributed by atoms with Crippen LogP contribution in [-0.2, 0) is 6.42 Å². The summed E-state index contributed by atoms with van der Waals surface area (Å²) in [5.41, 5.74) is 3.17. The molecular formula is C19H18ClN3O3. The number of carbonyl (C=O) groups is 2. The second-order valence-corrected chi connectivity index (χ2v) is 6.45. The first-order valence-electron chi connectivity index (χ1n) is 8.22. The maximum atomic E-state index is 12.9. The lowest BCUT2D eigenvalue weighted by Crippen LogP contribution is -2.17. The molecule has 1 amide bonds. The normalized spacial score (nSPS) is 10.9. The molecular weight excluding hydrogens is 354 g/mol. The highest BCUT2D eigenvalue weighted by atomic mass is 35.5. The highest BCUT2D eigenvalue weighted by Crippen LogP contribution is 2.22. The standard InChI is InChI=1S/C19H18ClN3O3/c1-3-4-15-17(23-10-11(2)5-8-16(23)22-15)18(24)21-12-6-7-14(20)13(9-12)19(25)26/h5-10H,3-4H2,1-2H3,(H,21,24)(H,25,26). The number of fused-ring (bicyclic) bond motifs is 1. The van der Waals surface area contributed by atoms with Gasteiger partial charge in [0.25, 0.3) is 5.91 Å². The molecule has 3 rings (SSSR count). The number of aromatic nitrogens is 2. The number of carboxylic acids is 1. The topological polar surface area (TPSA) is 83.7 Å². The lowest BCUT2D eigenvalue weighted by atomic mass is 10.1. The third-order valence-corrected chi connectivity index (χ3v) is 4.32. The van der Waals surface area contributed by atoms with Gasteiger partial charge in [0.2, 0.25) is 0 Å². The van der Waals surface area contributed by atoms with Crippen LogP contribution in [0.4, 0.5) is 5.69 Å². The van der Waals surface area contributed by atoms with Gasteiger partial charge in [-0.05, 0) is 43.2 Å². The molecule has 0 unspecified atom stereocenters. The van der Waals surface area contributed by atoms with Crippen LogP contribution in [0.1, 0.15) is 45.4 Å². The second kappa shape index (κ2) is 7.17. The summed E-state index contributed by atoms with van der Waals surface area (Å²) in [6.07, 6.45) is 3.39. The Labute approximate surface area is 155 Å². The van der Waals surface area contributed by atoms with Gasteiger partial charge in [-0.1, -0.05) is 31.0 Å². The van der Waals surface area contributed by atoms with E-state index in [0.717, 1.165) is 12.0 Å². The zero-order chi connectivity index (χ0) is 18.8. The fraction of sp³-hybridized carbons (Fsp3) is 0.211. The van der Waals surface area contributed by atoms with Gasteiger partial charge < -0.3 is 10.4 Å². The molecule has 0 saturated heterocycles. The maximum Gasteiger partial charge on any atom is 0.337 e. The number of pyridine rings is 1. The molecule has 2 aromatic heterocycles. The zero-order valence-electron chi connectivity index (χ0n) is 14.4. The average Bonchev–Trinajstić information content (AvgIpc) is 2.94. The molecule has 0 bridgehead atoms. The number of carbonyl (C=O) groups excluding carboxylic acids is 1. The van der Waals surface area contributed by atoms with Gasteiger partial charge in [0.1, 0.15) is 11.3 Å². The Bertz CT molecular complexity index is 1010. The van der Waals surface area contributed by atoms with Gasteiger partial charge in [-0.25, -0.2) is 9.78 Å². The molecule has 2 N–H and O–H groups in total. The Hall–Kier alpha value is -2.86. The monoisotopic (exact) mass is 371 g/mol. The second-order valence-electron chi connectivity index (χ2n) is 6.05. The number of rotatable bonds is 5. The molecule has 0 atom stereocenters. The van der Waals surface area contributed by atoms with Crippen molar-refractivity contribution >= 4 is 34.8 Å². The number of imidazole rings is 1. The summed E-state index contributed by atoms with van der Waals surface area (Å²) >= 11 is 5.88. The van der Waals surface area contributed by atoms with Gasteiger partial charge in [-0.3, -0.25) is 9.20 Å². The fourth-order valence-electron chi connectivity index (χ4n) is 2.81. The smallest absolute Gasteiger partial charge is 0.337 e. The lowest BCUT2D eigenvalue weighted by molar-refractivity contribution is 0.0696. The number of nitrogens with zero attached hydrogens (tertiary/aromatic N) is 2. The van der Waals surface area contributed by atoms with E-state index in [0.29, 0.717) is 29.1 Å². The number of aromatic carboxylic acids is 1. The van der Waals surface area contributed by atoms with E-state index in [1.54, 1.807) is 10.5 Å². The van der Waals surface area contributed by atoms with Crippen LogP contribution in [0.25, 0.3) is 5.65 Å². The summed E-state index contributed by atoms with van der Waals surface area (Å²) in [5.74, 6) is -1.49. The number of halogens is 1. The Morgan fingerprint density at radius 3 is 2.73 bits per heavy atom. The fourth-order valence-corrected chi connectivity index (χ4v) is 3.01. The maximum absolute atomic E-state index is 12.9. The van der Waals surface area contributed by atoms with Gasteiger partial charge >= 0.3 is 5.97 Å². The number of amides is 1. The minimum absolute atomic E-state index is 0.0627. The highest BCUT2D eigenvalue weighted by Gasteiger charge is 2.20. The van der Waals surface area contributed by atoms with Crippen LogP contribution in [0.15, 0.2) is 36.5 Å². The third-order valence-electron chi connectivity index (χ3n) is 4.00.